The van der Waals surface area contributed by atoms with Gasteiger partial charge in [-0.2, -0.15) is 4.98 Å². The van der Waals surface area contributed by atoms with Crippen LogP contribution < -0.4 is 5.32 Å². The van der Waals surface area contributed by atoms with Crippen molar-refractivity contribution in [2.45, 2.75) is 4.84 Å². The van der Waals surface area contributed by atoms with Crippen molar-refractivity contribution in [2.75, 3.05) is 5.32 Å². The minimum atomic E-state index is -1.17. The number of aromatic nitrogens is 2. The van der Waals surface area contributed by atoms with E-state index in [-0.39, 0.29) is 11.7 Å². The Kier molecular flexibility index (Phi) is 5.49. The van der Waals surface area contributed by atoms with E-state index in [4.69, 9.17) is 50.9 Å². The maximum absolute atomic E-state index is 11.6. The first-order valence-electron chi connectivity index (χ1n) is 6.93. The van der Waals surface area contributed by atoms with Crippen LogP contribution >= 0.6 is 46.4 Å². The molecule has 0 saturated heterocycles. The minimum absolute atomic E-state index is 0.246. The first kappa shape index (κ1) is 18.0. The molecule has 128 valence electrons. The summed E-state index contributed by atoms with van der Waals surface area (Å²) >= 11 is 23.4. The molecule has 9 heteroatoms. The highest BCUT2D eigenvalue weighted by molar-refractivity contribution is 6.54. The molecule has 0 fully saturated rings. The third-order valence-corrected chi connectivity index (χ3v) is 4.21. The molecule has 0 unspecified atom stereocenters. The van der Waals surface area contributed by atoms with Crippen LogP contribution in [0.25, 0.3) is 22.8 Å². The Morgan fingerprint density at radius 2 is 1.76 bits per heavy atom. The third-order valence-electron chi connectivity index (χ3n) is 3.19. The zero-order chi connectivity index (χ0) is 18.0. The standard InChI is InChI=1S/C16H9Cl4N3O2/c17-10-5-2-6-11(18)12(10)14-22-16(25-23-14)8-3-1-4-9(7-8)21-15(24)13(19)20/h1-7,13H,(H,21,24). The van der Waals surface area contributed by atoms with Gasteiger partial charge in [0.1, 0.15) is 0 Å². The van der Waals surface area contributed by atoms with Crippen LogP contribution in [0.4, 0.5) is 5.69 Å². The smallest absolute Gasteiger partial charge is 0.258 e. The summed E-state index contributed by atoms with van der Waals surface area (Å²) in [6.45, 7) is 0. The number of nitrogens with zero attached hydrogens (tertiary/aromatic N) is 2. The summed E-state index contributed by atoms with van der Waals surface area (Å²) in [4.78, 5) is 14.7. The van der Waals surface area contributed by atoms with Crippen molar-refractivity contribution in [3.8, 4) is 22.8 Å². The van der Waals surface area contributed by atoms with Crippen molar-refractivity contribution in [3.63, 3.8) is 0 Å². The molecule has 1 amide bonds. The quantitative estimate of drug-likeness (QED) is 0.574. The molecule has 0 saturated carbocycles. The number of anilines is 1. The van der Waals surface area contributed by atoms with Crippen molar-refractivity contribution < 1.29 is 9.32 Å². The summed E-state index contributed by atoms with van der Waals surface area (Å²) in [5.74, 6) is -0.0217. The Morgan fingerprint density at radius 1 is 1.08 bits per heavy atom. The molecule has 0 radical (unpaired) electrons. The van der Waals surface area contributed by atoms with Gasteiger partial charge in [0.05, 0.1) is 15.6 Å². The molecule has 0 bridgehead atoms. The molecule has 1 N–H and O–H groups in total. The molecule has 2 aromatic carbocycles. The van der Waals surface area contributed by atoms with Crippen LogP contribution in [0, 0.1) is 0 Å². The van der Waals surface area contributed by atoms with Crippen molar-refractivity contribution in [2.24, 2.45) is 0 Å². The van der Waals surface area contributed by atoms with Crippen molar-refractivity contribution in [1.29, 1.82) is 0 Å². The average Bonchev–Trinajstić information content (AvgIpc) is 3.04. The van der Waals surface area contributed by atoms with Crippen molar-refractivity contribution >= 4 is 58.0 Å². The summed E-state index contributed by atoms with van der Waals surface area (Å²) in [5, 5.41) is 7.32. The summed E-state index contributed by atoms with van der Waals surface area (Å²) in [7, 11) is 0. The molecule has 3 aromatic rings. The van der Waals surface area contributed by atoms with E-state index in [2.05, 4.69) is 15.5 Å². The lowest BCUT2D eigenvalue weighted by Gasteiger charge is -2.06. The number of hydrogen-bond acceptors (Lipinski definition) is 4. The number of nitrogens with one attached hydrogen (secondary N) is 1. The SMILES string of the molecule is O=C(Nc1cccc(-c2nc(-c3c(Cl)cccc3Cl)no2)c1)C(Cl)Cl. The van der Waals surface area contributed by atoms with Gasteiger partial charge in [0.2, 0.25) is 5.82 Å². The molecule has 0 aliphatic heterocycles. The van der Waals surface area contributed by atoms with Gasteiger partial charge < -0.3 is 9.84 Å². The van der Waals surface area contributed by atoms with Crippen molar-refractivity contribution in [3.05, 3.63) is 52.5 Å². The molecule has 5 nitrogen and oxygen atoms in total. The number of benzene rings is 2. The molecule has 25 heavy (non-hydrogen) atoms. The van der Waals surface area contributed by atoms with Gasteiger partial charge in [-0.3, -0.25) is 4.79 Å². The molecule has 0 aliphatic carbocycles. The first-order chi connectivity index (χ1) is 12.0. The fourth-order valence-electron chi connectivity index (χ4n) is 2.08. The Morgan fingerprint density at radius 3 is 2.44 bits per heavy atom. The Bertz CT molecular complexity index is 907. The van der Waals surface area contributed by atoms with E-state index in [0.717, 1.165) is 0 Å². The van der Waals surface area contributed by atoms with Crippen LogP contribution in [0.5, 0.6) is 0 Å². The largest absolute Gasteiger partial charge is 0.334 e. The van der Waals surface area contributed by atoms with E-state index < -0.39 is 10.7 Å². The summed E-state index contributed by atoms with van der Waals surface area (Å²) in [6, 6.07) is 11.9. The lowest BCUT2D eigenvalue weighted by Crippen LogP contribution is -2.18. The van der Waals surface area contributed by atoms with E-state index >= 15 is 0 Å². The van der Waals surface area contributed by atoms with E-state index in [1.54, 1.807) is 42.5 Å². The van der Waals surface area contributed by atoms with Gasteiger partial charge in [0, 0.05) is 11.3 Å². The second-order valence-electron chi connectivity index (χ2n) is 4.89. The third kappa shape index (κ3) is 4.07. The summed E-state index contributed by atoms with van der Waals surface area (Å²) in [5.41, 5.74) is 1.57. The number of amides is 1. The van der Waals surface area contributed by atoms with Gasteiger partial charge in [-0.1, -0.05) is 63.7 Å². The van der Waals surface area contributed by atoms with Crippen LogP contribution in [0.2, 0.25) is 10.0 Å². The topological polar surface area (TPSA) is 68.0 Å². The molecule has 3 rings (SSSR count). The highest BCUT2D eigenvalue weighted by Crippen LogP contribution is 2.34. The van der Waals surface area contributed by atoms with E-state index in [1.165, 1.54) is 0 Å². The predicted octanol–water partition coefficient (Wildman–Crippen LogP) is 5.45. The van der Waals surface area contributed by atoms with E-state index in [9.17, 15) is 4.79 Å². The lowest BCUT2D eigenvalue weighted by molar-refractivity contribution is -0.114. The number of alkyl halides is 2. The van der Waals surface area contributed by atoms with Gasteiger partial charge in [0.25, 0.3) is 11.8 Å². The van der Waals surface area contributed by atoms with Crippen LogP contribution in [0.1, 0.15) is 0 Å². The number of halogens is 4. The van der Waals surface area contributed by atoms with E-state index in [0.29, 0.717) is 26.9 Å². The predicted molar refractivity (Wildman–Crippen MR) is 99.3 cm³/mol. The van der Waals surface area contributed by atoms with Gasteiger partial charge >= 0.3 is 0 Å². The monoisotopic (exact) mass is 415 g/mol. The Balaban J connectivity index is 1.92. The maximum atomic E-state index is 11.6. The van der Waals surface area contributed by atoms with Gasteiger partial charge in [-0.25, -0.2) is 0 Å². The second kappa shape index (κ2) is 7.62. The first-order valence-corrected chi connectivity index (χ1v) is 8.56. The Hall–Kier alpha value is -1.79. The molecular formula is C16H9Cl4N3O2. The normalized spacial score (nSPS) is 10.9. The maximum Gasteiger partial charge on any atom is 0.258 e. The number of carbonyl (C=O) groups excluding carboxylic acids is 1. The highest BCUT2D eigenvalue weighted by atomic mass is 35.5. The fraction of sp³-hybridized carbons (Fsp3) is 0.0625. The van der Waals surface area contributed by atoms with Gasteiger partial charge in [-0.05, 0) is 30.3 Å². The molecule has 0 atom stereocenters. The van der Waals surface area contributed by atoms with Gasteiger partial charge in [0.15, 0.2) is 4.84 Å². The average molecular weight is 417 g/mol. The molecular weight excluding hydrogens is 408 g/mol. The summed E-state index contributed by atoms with van der Waals surface area (Å²) in [6.07, 6.45) is 0. The molecule has 1 heterocycles. The van der Waals surface area contributed by atoms with Crippen LogP contribution in [-0.2, 0) is 4.79 Å². The zero-order valence-electron chi connectivity index (χ0n) is 12.3. The fourth-order valence-corrected chi connectivity index (χ4v) is 2.76. The van der Waals surface area contributed by atoms with Crippen LogP contribution in [-0.4, -0.2) is 20.9 Å². The van der Waals surface area contributed by atoms with E-state index in [1.807, 2.05) is 0 Å². The number of carbonyl (C=O) groups is 1. The van der Waals surface area contributed by atoms with Gasteiger partial charge in [-0.15, -0.1) is 0 Å². The molecule has 1 aromatic heterocycles. The number of hydrogen-bond donors (Lipinski definition) is 1. The summed E-state index contributed by atoms with van der Waals surface area (Å²) < 4.78 is 5.28. The molecule has 0 spiro atoms. The second-order valence-corrected chi connectivity index (χ2v) is 6.80. The minimum Gasteiger partial charge on any atom is -0.334 e. The Labute approximate surface area is 162 Å². The highest BCUT2D eigenvalue weighted by Gasteiger charge is 2.17. The molecule has 0 aliphatic rings. The van der Waals surface area contributed by atoms with Crippen LogP contribution in [0.3, 0.4) is 0 Å². The zero-order valence-corrected chi connectivity index (χ0v) is 15.4. The van der Waals surface area contributed by atoms with Crippen LogP contribution in [0.15, 0.2) is 47.0 Å². The lowest BCUT2D eigenvalue weighted by atomic mass is 10.2. The van der Waals surface area contributed by atoms with Crippen molar-refractivity contribution in [1.82, 2.24) is 10.1 Å². The number of rotatable bonds is 4.